The number of hydrogen-bond acceptors (Lipinski definition) is 3. The molecule has 0 bridgehead atoms. The van der Waals surface area contributed by atoms with Gasteiger partial charge in [-0.2, -0.15) is 0 Å². The summed E-state index contributed by atoms with van der Waals surface area (Å²) in [7, 11) is 0. The second kappa shape index (κ2) is 5.80. The molecule has 4 nitrogen and oxygen atoms in total. The number of carbonyl (C=O) groups excluding carboxylic acids is 1. The first-order chi connectivity index (χ1) is 9.96. The lowest BCUT2D eigenvalue weighted by atomic mass is 9.86. The molecule has 0 aromatic carbocycles. The van der Waals surface area contributed by atoms with Gasteiger partial charge in [0.05, 0.1) is 12.1 Å². The summed E-state index contributed by atoms with van der Waals surface area (Å²) in [5.74, 6) is -2.92. The van der Waals surface area contributed by atoms with Crippen molar-refractivity contribution in [1.82, 2.24) is 9.80 Å². The van der Waals surface area contributed by atoms with E-state index >= 15 is 0 Å². The average Bonchev–Trinajstić information content (AvgIpc) is 3.07. The van der Waals surface area contributed by atoms with Crippen LogP contribution in [0.1, 0.15) is 38.5 Å². The van der Waals surface area contributed by atoms with E-state index < -0.39 is 12.0 Å². The smallest absolute Gasteiger partial charge is 0.248 e. The van der Waals surface area contributed by atoms with Gasteiger partial charge in [-0.25, -0.2) is 8.78 Å². The number of halogens is 2. The van der Waals surface area contributed by atoms with E-state index in [9.17, 15) is 18.7 Å². The lowest BCUT2D eigenvalue weighted by Gasteiger charge is -2.30. The van der Waals surface area contributed by atoms with Crippen molar-refractivity contribution in [2.45, 2.75) is 56.6 Å². The van der Waals surface area contributed by atoms with Crippen LogP contribution in [0.5, 0.6) is 0 Å². The summed E-state index contributed by atoms with van der Waals surface area (Å²) in [6.45, 7) is 2.87. The summed E-state index contributed by atoms with van der Waals surface area (Å²) in [5, 5.41) is 10.2. The predicted molar refractivity (Wildman–Crippen MR) is 74.1 cm³/mol. The van der Waals surface area contributed by atoms with E-state index in [1.54, 1.807) is 4.90 Å². The third kappa shape index (κ3) is 3.21. The number of aliphatic hydroxyl groups is 1. The lowest BCUT2D eigenvalue weighted by Crippen LogP contribution is -2.42. The SMILES string of the molecule is O=C(C1CCC(F)(F)CC1)N1C[C@@H](O)[C@H](N2CCCC2)C1. The number of alkyl halides is 2. The minimum Gasteiger partial charge on any atom is -0.390 e. The fourth-order valence-electron chi connectivity index (χ4n) is 3.93. The van der Waals surface area contributed by atoms with E-state index in [1.807, 2.05) is 0 Å². The zero-order valence-corrected chi connectivity index (χ0v) is 12.3. The number of rotatable bonds is 2. The Balaban J connectivity index is 1.56. The zero-order chi connectivity index (χ0) is 15.0. The largest absolute Gasteiger partial charge is 0.390 e. The van der Waals surface area contributed by atoms with E-state index in [0.29, 0.717) is 13.1 Å². The van der Waals surface area contributed by atoms with Crippen LogP contribution >= 0.6 is 0 Å². The Kier molecular flexibility index (Phi) is 4.19. The summed E-state index contributed by atoms with van der Waals surface area (Å²) < 4.78 is 26.4. The summed E-state index contributed by atoms with van der Waals surface area (Å²) >= 11 is 0. The van der Waals surface area contributed by atoms with Crippen LogP contribution in [0.3, 0.4) is 0 Å². The Hall–Kier alpha value is -0.750. The monoisotopic (exact) mass is 302 g/mol. The second-order valence-corrected chi connectivity index (χ2v) is 6.75. The van der Waals surface area contributed by atoms with Gasteiger partial charge in [0.25, 0.3) is 0 Å². The number of likely N-dealkylation sites (tertiary alicyclic amines) is 2. The average molecular weight is 302 g/mol. The molecule has 3 aliphatic rings. The fraction of sp³-hybridized carbons (Fsp3) is 0.933. The van der Waals surface area contributed by atoms with Crippen molar-refractivity contribution in [1.29, 1.82) is 0 Å². The second-order valence-electron chi connectivity index (χ2n) is 6.75. The first-order valence-corrected chi connectivity index (χ1v) is 8.05. The van der Waals surface area contributed by atoms with Gasteiger partial charge in [0.15, 0.2) is 0 Å². The first-order valence-electron chi connectivity index (χ1n) is 8.05. The predicted octanol–water partition coefficient (Wildman–Crippen LogP) is 1.48. The Bertz CT molecular complexity index is 389. The number of carbonyl (C=O) groups is 1. The molecule has 1 amide bonds. The quantitative estimate of drug-likeness (QED) is 0.840. The van der Waals surface area contributed by atoms with Gasteiger partial charge >= 0.3 is 0 Å². The van der Waals surface area contributed by atoms with Gasteiger partial charge in [-0.3, -0.25) is 9.69 Å². The summed E-state index contributed by atoms with van der Waals surface area (Å²) in [6, 6.07) is 0.0291. The van der Waals surface area contributed by atoms with Crippen molar-refractivity contribution in [3.8, 4) is 0 Å². The van der Waals surface area contributed by atoms with Crippen LogP contribution in [-0.2, 0) is 4.79 Å². The van der Waals surface area contributed by atoms with E-state index in [1.165, 1.54) is 0 Å². The molecule has 120 valence electrons. The number of aliphatic hydroxyl groups excluding tert-OH is 1. The summed E-state index contributed by atoms with van der Waals surface area (Å²) in [5.41, 5.74) is 0. The van der Waals surface area contributed by atoms with Crippen molar-refractivity contribution < 1.29 is 18.7 Å². The molecule has 1 N–H and O–H groups in total. The molecule has 0 aromatic rings. The Morgan fingerprint density at radius 3 is 2.33 bits per heavy atom. The molecule has 0 aromatic heterocycles. The van der Waals surface area contributed by atoms with Crippen LogP contribution in [0.2, 0.25) is 0 Å². The standard InChI is InChI=1S/C15H24F2N2O2/c16-15(17)5-3-11(4-6-15)14(21)19-9-12(13(20)10-19)18-7-1-2-8-18/h11-13,20H,1-10H2/t12-,13-/m1/s1. The maximum absolute atomic E-state index is 13.2. The fourth-order valence-corrected chi connectivity index (χ4v) is 3.93. The number of amides is 1. The van der Waals surface area contributed by atoms with Crippen molar-refractivity contribution in [2.24, 2.45) is 5.92 Å². The third-order valence-electron chi connectivity index (χ3n) is 5.25. The van der Waals surface area contributed by atoms with E-state index in [4.69, 9.17) is 0 Å². The van der Waals surface area contributed by atoms with Crippen LogP contribution < -0.4 is 0 Å². The van der Waals surface area contributed by atoms with Crippen molar-refractivity contribution in [3.05, 3.63) is 0 Å². The van der Waals surface area contributed by atoms with E-state index in [-0.39, 0.29) is 43.6 Å². The summed E-state index contributed by atoms with van der Waals surface area (Å²) in [6.07, 6.45) is 1.96. The highest BCUT2D eigenvalue weighted by Crippen LogP contribution is 2.37. The summed E-state index contributed by atoms with van der Waals surface area (Å²) in [4.78, 5) is 16.4. The van der Waals surface area contributed by atoms with Crippen LogP contribution in [0.25, 0.3) is 0 Å². The van der Waals surface area contributed by atoms with Gasteiger partial charge < -0.3 is 10.0 Å². The maximum Gasteiger partial charge on any atom is 0.248 e. The van der Waals surface area contributed by atoms with Crippen molar-refractivity contribution in [3.63, 3.8) is 0 Å². The normalized spacial score (nSPS) is 34.5. The van der Waals surface area contributed by atoms with Crippen LogP contribution in [0.4, 0.5) is 8.78 Å². The Morgan fingerprint density at radius 1 is 1.10 bits per heavy atom. The molecule has 0 radical (unpaired) electrons. The number of hydrogen-bond donors (Lipinski definition) is 1. The van der Waals surface area contributed by atoms with Crippen LogP contribution in [0.15, 0.2) is 0 Å². The maximum atomic E-state index is 13.2. The number of β-amino-alcohol motifs (C(OH)–C–C–N with tert-alkyl or cyclic N) is 1. The molecule has 2 heterocycles. The molecule has 2 saturated heterocycles. The Labute approximate surface area is 124 Å². The lowest BCUT2D eigenvalue weighted by molar-refractivity contribution is -0.139. The minimum atomic E-state index is -2.60. The van der Waals surface area contributed by atoms with Crippen LogP contribution in [0, 0.1) is 5.92 Å². The van der Waals surface area contributed by atoms with Crippen LogP contribution in [-0.4, -0.2) is 65.1 Å². The highest BCUT2D eigenvalue weighted by molar-refractivity contribution is 5.79. The molecule has 2 atom stereocenters. The Morgan fingerprint density at radius 2 is 1.71 bits per heavy atom. The van der Waals surface area contributed by atoms with Gasteiger partial charge in [-0.15, -0.1) is 0 Å². The van der Waals surface area contributed by atoms with Crippen molar-refractivity contribution >= 4 is 5.91 Å². The zero-order valence-electron chi connectivity index (χ0n) is 12.3. The molecule has 0 unspecified atom stereocenters. The molecular formula is C15H24F2N2O2. The molecular weight excluding hydrogens is 278 g/mol. The highest BCUT2D eigenvalue weighted by Gasteiger charge is 2.43. The topological polar surface area (TPSA) is 43.8 Å². The molecule has 3 rings (SSSR count). The van der Waals surface area contributed by atoms with E-state index in [2.05, 4.69) is 4.90 Å². The van der Waals surface area contributed by atoms with Crippen molar-refractivity contribution in [2.75, 3.05) is 26.2 Å². The highest BCUT2D eigenvalue weighted by atomic mass is 19.3. The molecule has 1 saturated carbocycles. The molecule has 6 heteroatoms. The van der Waals surface area contributed by atoms with Gasteiger partial charge in [0, 0.05) is 31.8 Å². The molecule has 0 spiro atoms. The van der Waals surface area contributed by atoms with E-state index in [0.717, 1.165) is 25.9 Å². The molecule has 21 heavy (non-hydrogen) atoms. The van der Waals surface area contributed by atoms with Gasteiger partial charge in [-0.05, 0) is 38.8 Å². The van der Waals surface area contributed by atoms with Gasteiger partial charge in [-0.1, -0.05) is 0 Å². The molecule has 1 aliphatic carbocycles. The molecule has 3 fully saturated rings. The number of nitrogens with zero attached hydrogens (tertiary/aromatic N) is 2. The molecule has 2 aliphatic heterocycles. The third-order valence-corrected chi connectivity index (χ3v) is 5.25. The first kappa shape index (κ1) is 15.2. The van der Waals surface area contributed by atoms with Gasteiger partial charge in [0.2, 0.25) is 11.8 Å². The minimum absolute atomic E-state index is 0.0291. The van der Waals surface area contributed by atoms with Gasteiger partial charge in [0.1, 0.15) is 0 Å².